The van der Waals surface area contributed by atoms with Gasteiger partial charge in [0.15, 0.2) is 11.5 Å². The van der Waals surface area contributed by atoms with Crippen molar-refractivity contribution in [2.75, 3.05) is 5.73 Å². The Morgan fingerprint density at radius 1 is 0.806 bits per heavy atom. The molecule has 0 atom stereocenters. The third-order valence-electron chi connectivity index (χ3n) is 5.08. The number of hydrogen-bond donors (Lipinski definition) is 2. The van der Waals surface area contributed by atoms with Gasteiger partial charge < -0.3 is 11.5 Å². The molecule has 6 nitrogen and oxygen atoms in total. The highest BCUT2D eigenvalue weighted by Gasteiger charge is 2.18. The number of nitrogens with two attached hydrogens (primary N) is 2. The van der Waals surface area contributed by atoms with E-state index < -0.39 is 0 Å². The van der Waals surface area contributed by atoms with Crippen LogP contribution in [0.25, 0.3) is 39.5 Å². The zero-order valence-electron chi connectivity index (χ0n) is 16.6. The molecule has 154 valence electrons. The third kappa shape index (κ3) is 3.74. The zero-order chi connectivity index (χ0) is 20.5. The van der Waals surface area contributed by atoms with Crippen molar-refractivity contribution in [2.24, 2.45) is 5.73 Å². The molecule has 0 aliphatic carbocycles. The molecule has 0 radical (unpaired) electrons. The van der Waals surface area contributed by atoms with E-state index in [0.717, 1.165) is 39.2 Å². The molecule has 0 saturated carbocycles. The first-order chi connectivity index (χ1) is 14.7. The SMILES string of the molecule is Cl.NCc1ccc(-n2c(-c3cccnc3N)nc3ccc(-c4ccccc4)nc32)cc1. The zero-order valence-corrected chi connectivity index (χ0v) is 17.5. The highest BCUT2D eigenvalue weighted by atomic mass is 35.5. The Bertz CT molecular complexity index is 1330. The molecule has 5 rings (SSSR count). The lowest BCUT2D eigenvalue weighted by atomic mass is 10.1. The smallest absolute Gasteiger partial charge is 0.165 e. The number of fused-ring (bicyclic) bond motifs is 1. The molecule has 5 aromatic rings. The highest BCUT2D eigenvalue weighted by molar-refractivity contribution is 5.85. The lowest BCUT2D eigenvalue weighted by Crippen LogP contribution is -2.03. The van der Waals surface area contributed by atoms with Gasteiger partial charge in [-0.2, -0.15) is 0 Å². The van der Waals surface area contributed by atoms with E-state index in [1.807, 2.05) is 83.4 Å². The third-order valence-corrected chi connectivity index (χ3v) is 5.08. The quantitative estimate of drug-likeness (QED) is 0.435. The molecule has 0 amide bonds. The molecule has 7 heteroatoms. The minimum atomic E-state index is 0. The summed E-state index contributed by atoms with van der Waals surface area (Å²) in [6, 6.07) is 25.9. The molecule has 31 heavy (non-hydrogen) atoms. The molecule has 0 aliphatic heterocycles. The summed E-state index contributed by atoms with van der Waals surface area (Å²) in [7, 11) is 0. The molecule has 0 fully saturated rings. The Labute approximate surface area is 186 Å². The molecule has 2 aromatic carbocycles. The summed E-state index contributed by atoms with van der Waals surface area (Å²) in [4.78, 5) is 14.0. The standard InChI is InChI=1S/C24H20N6.ClH/c25-15-16-8-10-18(11-9-16)30-23(19-7-4-14-27-22(19)26)29-21-13-12-20(28-24(21)30)17-5-2-1-3-6-17;/h1-14H,15,25H2,(H2,26,27);1H. The van der Waals surface area contributed by atoms with E-state index >= 15 is 0 Å². The van der Waals surface area contributed by atoms with Crippen molar-refractivity contribution in [2.45, 2.75) is 6.54 Å². The van der Waals surface area contributed by atoms with Gasteiger partial charge in [-0.1, -0.05) is 42.5 Å². The lowest BCUT2D eigenvalue weighted by molar-refractivity contribution is 1.05. The number of anilines is 1. The Balaban J connectivity index is 0.00000231. The van der Waals surface area contributed by atoms with Crippen molar-refractivity contribution in [3.8, 4) is 28.3 Å². The summed E-state index contributed by atoms with van der Waals surface area (Å²) < 4.78 is 2.02. The maximum Gasteiger partial charge on any atom is 0.165 e. The Morgan fingerprint density at radius 2 is 1.58 bits per heavy atom. The number of nitrogen functional groups attached to an aromatic ring is 1. The fourth-order valence-electron chi connectivity index (χ4n) is 3.54. The molecule has 3 heterocycles. The van der Waals surface area contributed by atoms with E-state index in [1.165, 1.54) is 0 Å². The fourth-order valence-corrected chi connectivity index (χ4v) is 3.54. The van der Waals surface area contributed by atoms with Crippen LogP contribution in [0.5, 0.6) is 0 Å². The second kappa shape index (κ2) is 8.55. The van der Waals surface area contributed by atoms with Gasteiger partial charge in [-0.3, -0.25) is 4.57 Å². The van der Waals surface area contributed by atoms with Crippen LogP contribution < -0.4 is 11.5 Å². The van der Waals surface area contributed by atoms with Crippen LogP contribution in [0.2, 0.25) is 0 Å². The molecule has 0 bridgehead atoms. The number of pyridine rings is 2. The van der Waals surface area contributed by atoms with Gasteiger partial charge in [-0.25, -0.2) is 15.0 Å². The number of hydrogen-bond acceptors (Lipinski definition) is 5. The minimum Gasteiger partial charge on any atom is -0.383 e. The average Bonchev–Trinajstić information content (AvgIpc) is 3.18. The maximum absolute atomic E-state index is 6.19. The van der Waals surface area contributed by atoms with Gasteiger partial charge in [0, 0.05) is 24.0 Å². The monoisotopic (exact) mass is 428 g/mol. The van der Waals surface area contributed by atoms with Crippen LogP contribution in [0, 0.1) is 0 Å². The normalized spacial score (nSPS) is 10.7. The van der Waals surface area contributed by atoms with Crippen LogP contribution >= 0.6 is 12.4 Å². The van der Waals surface area contributed by atoms with Gasteiger partial charge in [0.25, 0.3) is 0 Å². The van der Waals surface area contributed by atoms with Crippen LogP contribution in [-0.2, 0) is 6.54 Å². The van der Waals surface area contributed by atoms with Crippen LogP contribution in [0.4, 0.5) is 5.82 Å². The predicted molar refractivity (Wildman–Crippen MR) is 127 cm³/mol. The number of rotatable bonds is 4. The van der Waals surface area contributed by atoms with Crippen molar-refractivity contribution >= 4 is 29.4 Å². The number of nitrogens with zero attached hydrogens (tertiary/aromatic N) is 4. The summed E-state index contributed by atoms with van der Waals surface area (Å²) in [5.74, 6) is 1.13. The van der Waals surface area contributed by atoms with E-state index in [0.29, 0.717) is 18.2 Å². The summed E-state index contributed by atoms with van der Waals surface area (Å²) >= 11 is 0. The van der Waals surface area contributed by atoms with Gasteiger partial charge in [-0.15, -0.1) is 12.4 Å². The molecule has 4 N–H and O–H groups in total. The van der Waals surface area contributed by atoms with Gasteiger partial charge >= 0.3 is 0 Å². The number of imidazole rings is 1. The molecule has 0 saturated heterocycles. The molecule has 3 aromatic heterocycles. The van der Waals surface area contributed by atoms with Gasteiger partial charge in [0.2, 0.25) is 0 Å². The van der Waals surface area contributed by atoms with E-state index in [-0.39, 0.29) is 12.4 Å². The Morgan fingerprint density at radius 3 is 2.29 bits per heavy atom. The van der Waals surface area contributed by atoms with E-state index in [9.17, 15) is 0 Å². The van der Waals surface area contributed by atoms with Crippen molar-refractivity contribution in [3.63, 3.8) is 0 Å². The second-order valence-electron chi connectivity index (χ2n) is 6.98. The first kappa shape index (κ1) is 20.5. The molecule has 0 unspecified atom stereocenters. The van der Waals surface area contributed by atoms with Crippen LogP contribution in [0.15, 0.2) is 85.1 Å². The van der Waals surface area contributed by atoms with Gasteiger partial charge in [-0.05, 0) is 42.0 Å². The van der Waals surface area contributed by atoms with Gasteiger partial charge in [0.05, 0.1) is 11.3 Å². The van der Waals surface area contributed by atoms with Crippen LogP contribution in [-0.4, -0.2) is 19.5 Å². The topological polar surface area (TPSA) is 95.6 Å². The average molecular weight is 429 g/mol. The first-order valence-corrected chi connectivity index (χ1v) is 9.70. The van der Waals surface area contributed by atoms with Crippen molar-refractivity contribution in [1.29, 1.82) is 0 Å². The Kier molecular flexibility index (Phi) is 5.66. The largest absolute Gasteiger partial charge is 0.383 e. The molecular formula is C24H21ClN6. The van der Waals surface area contributed by atoms with Crippen molar-refractivity contribution < 1.29 is 0 Å². The predicted octanol–water partition coefficient (Wildman–Crippen LogP) is 4.61. The minimum absolute atomic E-state index is 0. The molecule has 0 aliphatic rings. The van der Waals surface area contributed by atoms with E-state index in [4.69, 9.17) is 21.4 Å². The van der Waals surface area contributed by atoms with Crippen molar-refractivity contribution in [3.05, 3.63) is 90.6 Å². The summed E-state index contributed by atoms with van der Waals surface area (Å²) in [6.45, 7) is 0.490. The number of benzene rings is 2. The van der Waals surface area contributed by atoms with Crippen molar-refractivity contribution in [1.82, 2.24) is 19.5 Å². The second-order valence-corrected chi connectivity index (χ2v) is 6.98. The van der Waals surface area contributed by atoms with Crippen LogP contribution in [0.3, 0.4) is 0 Å². The first-order valence-electron chi connectivity index (χ1n) is 9.70. The Hall–Kier alpha value is -3.74. The lowest BCUT2D eigenvalue weighted by Gasteiger charge is -2.11. The maximum atomic E-state index is 6.19. The highest BCUT2D eigenvalue weighted by Crippen LogP contribution is 2.31. The summed E-state index contributed by atoms with van der Waals surface area (Å²) in [5.41, 5.74) is 18.2. The fraction of sp³-hybridized carbons (Fsp3) is 0.0417. The van der Waals surface area contributed by atoms with Gasteiger partial charge in [0.1, 0.15) is 11.3 Å². The van der Waals surface area contributed by atoms with E-state index in [1.54, 1.807) is 6.20 Å². The number of aromatic nitrogens is 4. The molecule has 0 spiro atoms. The van der Waals surface area contributed by atoms with E-state index in [2.05, 4.69) is 4.98 Å². The number of halogens is 1. The summed E-state index contributed by atoms with van der Waals surface area (Å²) in [5, 5.41) is 0. The summed E-state index contributed by atoms with van der Waals surface area (Å²) in [6.07, 6.45) is 1.67. The molecular weight excluding hydrogens is 408 g/mol. The van der Waals surface area contributed by atoms with Crippen LogP contribution in [0.1, 0.15) is 5.56 Å².